The van der Waals surface area contributed by atoms with Gasteiger partial charge in [-0.15, -0.1) is 24.0 Å². The average molecular weight is 514 g/mol. The van der Waals surface area contributed by atoms with Gasteiger partial charge in [0.05, 0.1) is 5.69 Å². The number of nitrogens with one attached hydrogen (secondary N) is 3. The normalized spacial score (nSPS) is 11.4. The summed E-state index contributed by atoms with van der Waals surface area (Å²) in [6.45, 7) is 7.26. The van der Waals surface area contributed by atoms with Gasteiger partial charge in [0.1, 0.15) is 5.60 Å². The lowest BCUT2D eigenvalue weighted by atomic mass is 10.1. The van der Waals surface area contributed by atoms with Crippen molar-refractivity contribution in [2.45, 2.75) is 32.8 Å². The summed E-state index contributed by atoms with van der Waals surface area (Å²) < 4.78 is 7.02. The summed E-state index contributed by atoms with van der Waals surface area (Å²) in [7, 11) is 1.72. The molecule has 9 heteroatoms. The molecule has 29 heavy (non-hydrogen) atoms. The fraction of sp³-hybridized carbons (Fsp3) is 0.450. The van der Waals surface area contributed by atoms with Crippen LogP contribution in [0.2, 0.25) is 0 Å². The number of aromatic nitrogens is 2. The van der Waals surface area contributed by atoms with Crippen LogP contribution in [0.1, 0.15) is 26.3 Å². The fourth-order valence-electron chi connectivity index (χ4n) is 2.44. The van der Waals surface area contributed by atoms with Gasteiger partial charge in [0.15, 0.2) is 5.96 Å². The topological polar surface area (TPSA) is 92.6 Å². The van der Waals surface area contributed by atoms with Crippen LogP contribution in [0, 0.1) is 0 Å². The van der Waals surface area contributed by atoms with E-state index in [2.05, 4.69) is 50.3 Å². The first-order chi connectivity index (χ1) is 13.4. The molecule has 0 aliphatic rings. The molecule has 0 bridgehead atoms. The summed E-state index contributed by atoms with van der Waals surface area (Å²) >= 11 is 0. The quantitative estimate of drug-likeness (QED) is 0.229. The molecule has 0 aliphatic heterocycles. The van der Waals surface area contributed by atoms with E-state index in [9.17, 15) is 4.79 Å². The molecule has 0 spiro atoms. The molecule has 0 fully saturated rings. The number of nitrogens with zero attached hydrogens (tertiary/aromatic N) is 3. The molecule has 1 heterocycles. The zero-order chi connectivity index (χ0) is 20.4. The van der Waals surface area contributed by atoms with Crippen molar-refractivity contribution >= 4 is 36.0 Å². The van der Waals surface area contributed by atoms with Crippen LogP contribution in [0.15, 0.2) is 47.7 Å². The number of carbonyl (C=O) groups excluding carboxylic acids is 1. The third-order valence-corrected chi connectivity index (χ3v) is 3.72. The minimum atomic E-state index is -0.494. The van der Waals surface area contributed by atoms with Crippen LogP contribution in [-0.4, -0.2) is 54.1 Å². The minimum absolute atomic E-state index is 0. The van der Waals surface area contributed by atoms with E-state index in [1.54, 1.807) is 13.2 Å². The Hall–Kier alpha value is -2.30. The molecule has 0 aliphatic carbocycles. The first-order valence-corrected chi connectivity index (χ1v) is 9.38. The molecule has 0 atom stereocenters. The van der Waals surface area contributed by atoms with Gasteiger partial charge in [-0.05, 0) is 51.0 Å². The molecule has 0 radical (unpaired) electrons. The summed E-state index contributed by atoms with van der Waals surface area (Å²) in [6, 6.07) is 10.2. The molecule has 0 saturated carbocycles. The Balaban J connectivity index is 0.00000420. The third-order valence-electron chi connectivity index (χ3n) is 3.72. The number of aliphatic imine (C=N–C) groups is 1. The molecule has 8 nitrogen and oxygen atoms in total. The second-order valence-corrected chi connectivity index (χ2v) is 7.22. The zero-order valence-corrected chi connectivity index (χ0v) is 19.8. The Morgan fingerprint density at radius 2 is 1.76 bits per heavy atom. The minimum Gasteiger partial charge on any atom is -0.444 e. The van der Waals surface area contributed by atoms with Gasteiger partial charge in [0, 0.05) is 39.1 Å². The van der Waals surface area contributed by atoms with Gasteiger partial charge in [-0.25, -0.2) is 9.48 Å². The van der Waals surface area contributed by atoms with E-state index in [1.165, 1.54) is 5.56 Å². The van der Waals surface area contributed by atoms with Gasteiger partial charge in [-0.2, -0.15) is 5.10 Å². The maximum Gasteiger partial charge on any atom is 0.407 e. The van der Waals surface area contributed by atoms with E-state index < -0.39 is 11.7 Å². The molecule has 160 valence electrons. The number of ether oxygens (including phenoxy) is 1. The number of hydrogen-bond donors (Lipinski definition) is 3. The van der Waals surface area contributed by atoms with Crippen molar-refractivity contribution in [3.05, 3.63) is 48.3 Å². The number of amides is 1. The van der Waals surface area contributed by atoms with Crippen LogP contribution in [0.3, 0.4) is 0 Å². The Labute approximate surface area is 189 Å². The summed E-state index contributed by atoms with van der Waals surface area (Å²) in [4.78, 5) is 15.8. The summed E-state index contributed by atoms with van der Waals surface area (Å²) in [5, 5.41) is 13.3. The molecule has 0 unspecified atom stereocenters. The summed E-state index contributed by atoms with van der Waals surface area (Å²) in [5.41, 5.74) is 1.77. The van der Waals surface area contributed by atoms with E-state index in [0.29, 0.717) is 19.0 Å². The highest BCUT2D eigenvalue weighted by Crippen LogP contribution is 2.09. The molecule has 1 amide bonds. The summed E-state index contributed by atoms with van der Waals surface area (Å²) in [6.07, 6.45) is 4.13. The standard InChI is InChI=1S/C20H30N6O2.HI/c1-20(2,3)28-19(27)24-14-13-23-18(21-4)22-12-10-16-6-8-17(9-7-16)26-15-5-11-25-26;/h5-9,11,15H,10,12-14H2,1-4H3,(H,24,27)(H2,21,22,23);1H. The number of guanidine groups is 1. The van der Waals surface area contributed by atoms with E-state index in [1.807, 2.05) is 37.7 Å². The van der Waals surface area contributed by atoms with Crippen molar-refractivity contribution in [1.29, 1.82) is 0 Å². The molecular weight excluding hydrogens is 483 g/mol. The zero-order valence-electron chi connectivity index (χ0n) is 17.4. The number of benzene rings is 1. The van der Waals surface area contributed by atoms with E-state index >= 15 is 0 Å². The van der Waals surface area contributed by atoms with Crippen LogP contribution >= 0.6 is 24.0 Å². The second-order valence-electron chi connectivity index (χ2n) is 7.22. The maximum absolute atomic E-state index is 11.6. The number of carbonyl (C=O) groups is 1. The monoisotopic (exact) mass is 514 g/mol. The Morgan fingerprint density at radius 3 is 2.34 bits per heavy atom. The van der Waals surface area contributed by atoms with Crippen molar-refractivity contribution in [2.75, 3.05) is 26.7 Å². The van der Waals surface area contributed by atoms with Crippen LogP contribution in [-0.2, 0) is 11.2 Å². The Kier molecular flexibility index (Phi) is 10.5. The second kappa shape index (κ2) is 12.3. The average Bonchev–Trinajstić information content (AvgIpc) is 3.17. The van der Waals surface area contributed by atoms with Gasteiger partial charge in [-0.1, -0.05) is 12.1 Å². The van der Waals surface area contributed by atoms with E-state index in [-0.39, 0.29) is 24.0 Å². The Bertz CT molecular complexity index is 754. The van der Waals surface area contributed by atoms with Gasteiger partial charge < -0.3 is 20.7 Å². The number of alkyl carbamates (subject to hydrolysis) is 1. The van der Waals surface area contributed by atoms with Gasteiger partial charge in [0.2, 0.25) is 0 Å². The van der Waals surface area contributed by atoms with E-state index in [0.717, 1.165) is 18.7 Å². The van der Waals surface area contributed by atoms with Crippen molar-refractivity contribution in [3.8, 4) is 5.69 Å². The summed E-state index contributed by atoms with van der Waals surface area (Å²) in [5.74, 6) is 0.694. The molecule has 0 saturated heterocycles. The molecule has 3 N–H and O–H groups in total. The largest absolute Gasteiger partial charge is 0.444 e. The fourth-order valence-corrected chi connectivity index (χ4v) is 2.44. The van der Waals surface area contributed by atoms with Gasteiger partial charge in [0.25, 0.3) is 0 Å². The predicted molar refractivity (Wildman–Crippen MR) is 126 cm³/mol. The smallest absolute Gasteiger partial charge is 0.407 e. The number of rotatable bonds is 7. The van der Waals surface area contributed by atoms with Gasteiger partial charge in [-0.3, -0.25) is 4.99 Å². The molecule has 2 rings (SSSR count). The van der Waals surface area contributed by atoms with Crippen molar-refractivity contribution in [2.24, 2.45) is 4.99 Å². The lowest BCUT2D eigenvalue weighted by Gasteiger charge is -2.19. The highest BCUT2D eigenvalue weighted by atomic mass is 127. The highest BCUT2D eigenvalue weighted by Gasteiger charge is 2.15. The van der Waals surface area contributed by atoms with Crippen LogP contribution in [0.25, 0.3) is 5.69 Å². The van der Waals surface area contributed by atoms with Crippen LogP contribution < -0.4 is 16.0 Å². The first kappa shape index (κ1) is 24.7. The predicted octanol–water partition coefficient (Wildman–Crippen LogP) is 2.72. The molecule has 1 aromatic carbocycles. The maximum atomic E-state index is 11.6. The molecule has 1 aromatic heterocycles. The first-order valence-electron chi connectivity index (χ1n) is 9.38. The highest BCUT2D eigenvalue weighted by molar-refractivity contribution is 14.0. The third kappa shape index (κ3) is 9.64. The Morgan fingerprint density at radius 1 is 1.10 bits per heavy atom. The van der Waals surface area contributed by atoms with Gasteiger partial charge >= 0.3 is 6.09 Å². The van der Waals surface area contributed by atoms with Crippen molar-refractivity contribution in [1.82, 2.24) is 25.7 Å². The SMILES string of the molecule is CN=C(NCCNC(=O)OC(C)(C)C)NCCc1ccc(-n2cccn2)cc1.I. The molecule has 2 aromatic rings. The molecular formula is C20H31IN6O2. The number of hydrogen-bond acceptors (Lipinski definition) is 4. The van der Waals surface area contributed by atoms with E-state index in [4.69, 9.17) is 4.74 Å². The lowest BCUT2D eigenvalue weighted by Crippen LogP contribution is -2.42. The number of halogens is 1. The van der Waals surface area contributed by atoms with Crippen LogP contribution in [0.5, 0.6) is 0 Å². The van der Waals surface area contributed by atoms with Crippen molar-refractivity contribution < 1.29 is 9.53 Å². The lowest BCUT2D eigenvalue weighted by molar-refractivity contribution is 0.0529. The van der Waals surface area contributed by atoms with Crippen LogP contribution in [0.4, 0.5) is 4.79 Å². The van der Waals surface area contributed by atoms with Crippen molar-refractivity contribution in [3.63, 3.8) is 0 Å².